The SMILES string of the molecule is CCOc1cccc(C2CNCC[N]2)c1. The minimum absolute atomic E-state index is 0.291. The maximum Gasteiger partial charge on any atom is 0.119 e. The van der Waals surface area contributed by atoms with Gasteiger partial charge in [-0.05, 0) is 24.6 Å². The fourth-order valence-corrected chi connectivity index (χ4v) is 1.80. The molecule has 15 heavy (non-hydrogen) atoms. The summed E-state index contributed by atoms with van der Waals surface area (Å²) in [5.41, 5.74) is 1.24. The van der Waals surface area contributed by atoms with Gasteiger partial charge in [-0.3, -0.25) is 0 Å². The Morgan fingerprint density at radius 2 is 2.47 bits per heavy atom. The van der Waals surface area contributed by atoms with Gasteiger partial charge in [0.2, 0.25) is 0 Å². The molecule has 0 spiro atoms. The number of piperazine rings is 1. The minimum atomic E-state index is 0.291. The predicted molar refractivity (Wildman–Crippen MR) is 60.2 cm³/mol. The van der Waals surface area contributed by atoms with Gasteiger partial charge in [0.05, 0.1) is 12.6 Å². The first-order valence-corrected chi connectivity index (χ1v) is 5.50. The van der Waals surface area contributed by atoms with E-state index in [9.17, 15) is 0 Å². The summed E-state index contributed by atoms with van der Waals surface area (Å²) in [5.74, 6) is 0.941. The van der Waals surface area contributed by atoms with Gasteiger partial charge in [0, 0.05) is 19.6 Å². The van der Waals surface area contributed by atoms with Crippen LogP contribution in [0.4, 0.5) is 0 Å². The first kappa shape index (κ1) is 10.5. The highest BCUT2D eigenvalue weighted by Crippen LogP contribution is 2.20. The first-order chi connectivity index (χ1) is 7.40. The molecule has 1 N–H and O–H groups in total. The second kappa shape index (κ2) is 5.14. The molecule has 1 saturated heterocycles. The Kier molecular flexibility index (Phi) is 3.59. The third-order valence-corrected chi connectivity index (χ3v) is 2.53. The van der Waals surface area contributed by atoms with Crippen molar-refractivity contribution in [3.63, 3.8) is 0 Å². The fourth-order valence-electron chi connectivity index (χ4n) is 1.80. The van der Waals surface area contributed by atoms with Gasteiger partial charge in [0.1, 0.15) is 5.75 Å². The molecule has 0 aromatic heterocycles. The monoisotopic (exact) mass is 205 g/mol. The lowest BCUT2D eigenvalue weighted by molar-refractivity contribution is 0.338. The van der Waals surface area contributed by atoms with Crippen LogP contribution in [0.15, 0.2) is 24.3 Å². The molecule has 0 bridgehead atoms. The molecular formula is C12H17N2O. The Labute approximate surface area is 90.8 Å². The highest BCUT2D eigenvalue weighted by Gasteiger charge is 2.15. The van der Waals surface area contributed by atoms with Crippen molar-refractivity contribution >= 4 is 0 Å². The molecule has 1 unspecified atom stereocenters. The maximum absolute atomic E-state index is 5.48. The second-order valence-corrected chi connectivity index (χ2v) is 3.63. The van der Waals surface area contributed by atoms with Gasteiger partial charge in [-0.2, -0.15) is 0 Å². The van der Waals surface area contributed by atoms with E-state index in [2.05, 4.69) is 22.8 Å². The van der Waals surface area contributed by atoms with Crippen LogP contribution in [0.2, 0.25) is 0 Å². The van der Waals surface area contributed by atoms with Crippen molar-refractivity contribution in [3.05, 3.63) is 29.8 Å². The number of nitrogens with zero attached hydrogens (tertiary/aromatic N) is 1. The fraction of sp³-hybridized carbons (Fsp3) is 0.500. The number of hydrogen-bond acceptors (Lipinski definition) is 2. The van der Waals surface area contributed by atoms with E-state index in [1.54, 1.807) is 0 Å². The van der Waals surface area contributed by atoms with Crippen LogP contribution in [0, 0.1) is 0 Å². The normalized spacial score (nSPS) is 21.3. The lowest BCUT2D eigenvalue weighted by Gasteiger charge is -2.23. The predicted octanol–water partition coefficient (Wildman–Crippen LogP) is 1.33. The maximum atomic E-state index is 5.48. The molecule has 1 aliphatic heterocycles. The van der Waals surface area contributed by atoms with Crippen molar-refractivity contribution in [2.75, 3.05) is 26.2 Å². The van der Waals surface area contributed by atoms with E-state index >= 15 is 0 Å². The Morgan fingerprint density at radius 1 is 1.53 bits per heavy atom. The number of benzene rings is 1. The van der Waals surface area contributed by atoms with Crippen LogP contribution in [-0.2, 0) is 0 Å². The Morgan fingerprint density at radius 3 is 3.20 bits per heavy atom. The minimum Gasteiger partial charge on any atom is -0.494 e. The Bertz CT molecular complexity index is 308. The van der Waals surface area contributed by atoms with E-state index in [1.807, 2.05) is 19.1 Å². The summed E-state index contributed by atoms with van der Waals surface area (Å²) < 4.78 is 5.48. The molecule has 1 atom stereocenters. The van der Waals surface area contributed by atoms with E-state index in [0.29, 0.717) is 12.6 Å². The van der Waals surface area contributed by atoms with Crippen LogP contribution in [0.5, 0.6) is 5.75 Å². The highest BCUT2D eigenvalue weighted by molar-refractivity contribution is 5.31. The number of nitrogens with one attached hydrogen (secondary N) is 1. The van der Waals surface area contributed by atoms with Gasteiger partial charge in [-0.1, -0.05) is 12.1 Å². The van der Waals surface area contributed by atoms with Crippen LogP contribution in [0.1, 0.15) is 18.5 Å². The van der Waals surface area contributed by atoms with Crippen LogP contribution < -0.4 is 15.4 Å². The van der Waals surface area contributed by atoms with Gasteiger partial charge in [-0.25, -0.2) is 5.32 Å². The quantitative estimate of drug-likeness (QED) is 0.808. The molecule has 1 fully saturated rings. The number of rotatable bonds is 3. The zero-order valence-corrected chi connectivity index (χ0v) is 9.07. The lowest BCUT2D eigenvalue weighted by Crippen LogP contribution is -2.38. The van der Waals surface area contributed by atoms with E-state index in [4.69, 9.17) is 4.74 Å². The van der Waals surface area contributed by atoms with E-state index in [0.717, 1.165) is 25.4 Å². The molecule has 0 amide bonds. The Hall–Kier alpha value is -1.06. The van der Waals surface area contributed by atoms with E-state index < -0.39 is 0 Å². The molecule has 1 heterocycles. The summed E-state index contributed by atoms with van der Waals surface area (Å²) in [5, 5.41) is 7.93. The van der Waals surface area contributed by atoms with Crippen LogP contribution in [0.3, 0.4) is 0 Å². The second-order valence-electron chi connectivity index (χ2n) is 3.63. The summed E-state index contributed by atoms with van der Waals surface area (Å²) in [7, 11) is 0. The smallest absolute Gasteiger partial charge is 0.119 e. The topological polar surface area (TPSA) is 35.4 Å². The van der Waals surface area contributed by atoms with Gasteiger partial charge < -0.3 is 10.1 Å². The molecule has 3 nitrogen and oxygen atoms in total. The molecule has 2 rings (SSSR count). The summed E-state index contributed by atoms with van der Waals surface area (Å²) in [4.78, 5) is 0. The third kappa shape index (κ3) is 2.70. The molecule has 0 saturated carbocycles. The highest BCUT2D eigenvalue weighted by atomic mass is 16.5. The van der Waals surface area contributed by atoms with Crippen LogP contribution in [-0.4, -0.2) is 26.2 Å². The average Bonchev–Trinajstić information content (AvgIpc) is 2.31. The summed E-state index contributed by atoms with van der Waals surface area (Å²) in [6.07, 6.45) is 0. The van der Waals surface area contributed by atoms with Crippen molar-refractivity contribution in [3.8, 4) is 5.75 Å². The molecular weight excluding hydrogens is 188 g/mol. The number of hydrogen-bond donors (Lipinski definition) is 1. The van der Waals surface area contributed by atoms with Gasteiger partial charge in [-0.15, -0.1) is 0 Å². The molecule has 81 valence electrons. The van der Waals surface area contributed by atoms with Gasteiger partial charge in [0.25, 0.3) is 0 Å². The standard InChI is InChI=1S/C12H17N2O/c1-2-15-11-5-3-4-10(8-11)12-9-13-6-7-14-12/h3-5,8,12-13H,2,6-7,9H2,1H3. The molecule has 0 aliphatic carbocycles. The molecule has 1 aromatic carbocycles. The van der Waals surface area contributed by atoms with Crippen molar-refractivity contribution in [2.45, 2.75) is 13.0 Å². The van der Waals surface area contributed by atoms with Crippen LogP contribution >= 0.6 is 0 Å². The molecule has 3 heteroatoms. The molecule has 1 aromatic rings. The first-order valence-electron chi connectivity index (χ1n) is 5.50. The van der Waals surface area contributed by atoms with E-state index in [1.165, 1.54) is 5.56 Å². The zero-order valence-electron chi connectivity index (χ0n) is 9.07. The largest absolute Gasteiger partial charge is 0.494 e. The molecule has 1 radical (unpaired) electrons. The van der Waals surface area contributed by atoms with Crippen LogP contribution in [0.25, 0.3) is 0 Å². The summed E-state index contributed by atoms with van der Waals surface area (Å²) in [6.45, 7) is 5.56. The number of ether oxygens (including phenoxy) is 1. The van der Waals surface area contributed by atoms with Crippen molar-refractivity contribution in [1.29, 1.82) is 0 Å². The van der Waals surface area contributed by atoms with Crippen molar-refractivity contribution in [1.82, 2.24) is 10.6 Å². The summed E-state index contributed by atoms with van der Waals surface area (Å²) in [6, 6.07) is 8.52. The lowest BCUT2D eigenvalue weighted by atomic mass is 10.1. The zero-order chi connectivity index (χ0) is 10.5. The van der Waals surface area contributed by atoms with Gasteiger partial charge >= 0.3 is 0 Å². The Balaban J connectivity index is 2.09. The van der Waals surface area contributed by atoms with E-state index in [-0.39, 0.29) is 0 Å². The van der Waals surface area contributed by atoms with Gasteiger partial charge in [0.15, 0.2) is 0 Å². The third-order valence-electron chi connectivity index (χ3n) is 2.53. The van der Waals surface area contributed by atoms with Crippen molar-refractivity contribution < 1.29 is 4.74 Å². The molecule has 1 aliphatic rings. The average molecular weight is 205 g/mol. The summed E-state index contributed by atoms with van der Waals surface area (Å²) >= 11 is 0. The van der Waals surface area contributed by atoms with Crippen molar-refractivity contribution in [2.24, 2.45) is 0 Å².